The van der Waals surface area contributed by atoms with E-state index in [0.717, 1.165) is 31.4 Å². The molecule has 0 aliphatic heterocycles. The number of hydrogen-bond acceptors (Lipinski definition) is 2. The quantitative estimate of drug-likeness (QED) is 0.450. The van der Waals surface area contributed by atoms with E-state index in [0.29, 0.717) is 12.4 Å². The molecule has 1 aromatic rings. The summed E-state index contributed by atoms with van der Waals surface area (Å²) in [5.41, 5.74) is 4.48. The van der Waals surface area contributed by atoms with Gasteiger partial charge in [0.25, 0.3) is 0 Å². The highest BCUT2D eigenvalue weighted by Crippen LogP contribution is 2.30. The lowest BCUT2D eigenvalue weighted by Crippen LogP contribution is -2.30. The van der Waals surface area contributed by atoms with Crippen molar-refractivity contribution in [1.82, 2.24) is 0 Å². The van der Waals surface area contributed by atoms with Gasteiger partial charge in [0.1, 0.15) is 5.75 Å². The van der Waals surface area contributed by atoms with Gasteiger partial charge >= 0.3 is 6.18 Å². The number of ether oxygens (including phenoxy) is 1. The molecule has 0 atom stereocenters. The van der Waals surface area contributed by atoms with Crippen molar-refractivity contribution in [2.45, 2.75) is 39.3 Å². The molecular weight excluding hydrogens is 281 g/mol. The lowest BCUT2D eigenvalue weighted by atomic mass is 9.86. The molecule has 0 aliphatic carbocycles. The van der Waals surface area contributed by atoms with Gasteiger partial charge in [0.15, 0.2) is 0 Å². The van der Waals surface area contributed by atoms with Crippen LogP contribution in [0.2, 0.25) is 0 Å². The summed E-state index contributed by atoms with van der Waals surface area (Å²) in [6.45, 7) is 4.25. The molecule has 0 spiro atoms. The zero-order valence-electron chi connectivity index (χ0n) is 12.3. The maximum absolute atomic E-state index is 12.4. The van der Waals surface area contributed by atoms with Crippen LogP contribution in [0.3, 0.4) is 0 Å². The Bertz CT molecular complexity index is 467. The molecule has 0 heterocycles. The Morgan fingerprint density at radius 2 is 1.71 bits per heavy atom. The van der Waals surface area contributed by atoms with Gasteiger partial charge in [-0.15, -0.1) is 0 Å². The number of alkyl halides is 3. The number of amidine groups is 1. The fourth-order valence-electron chi connectivity index (χ4n) is 1.73. The highest BCUT2D eigenvalue weighted by atomic mass is 19.4. The molecule has 6 heteroatoms. The third kappa shape index (κ3) is 5.65. The van der Waals surface area contributed by atoms with Crippen molar-refractivity contribution in [1.29, 1.82) is 5.41 Å². The number of halogens is 3. The number of nitrogens with one attached hydrogen (secondary N) is 1. The minimum absolute atomic E-state index is 0.158. The molecular formula is C15H21F3N2O. The number of nitrogens with two attached hydrogens (primary N) is 1. The molecule has 1 aromatic carbocycles. The molecule has 0 unspecified atom stereocenters. The highest BCUT2D eigenvalue weighted by molar-refractivity contribution is 5.82. The molecule has 0 aliphatic rings. The molecule has 0 aromatic heterocycles. The van der Waals surface area contributed by atoms with Crippen LogP contribution in [0.4, 0.5) is 13.2 Å². The highest BCUT2D eigenvalue weighted by Gasteiger charge is 2.30. The van der Waals surface area contributed by atoms with Gasteiger partial charge in [0.2, 0.25) is 0 Å². The normalized spacial score (nSPS) is 12.2. The number of hydrogen-bond donors (Lipinski definition) is 2. The van der Waals surface area contributed by atoms with E-state index < -0.39 is 11.7 Å². The van der Waals surface area contributed by atoms with Crippen molar-refractivity contribution >= 4 is 5.84 Å². The fraction of sp³-hybridized carbons (Fsp3) is 0.533. The summed E-state index contributed by atoms with van der Waals surface area (Å²) in [5.74, 6) is 0.583. The Hall–Kier alpha value is -1.72. The lowest BCUT2D eigenvalue weighted by molar-refractivity contribution is -0.137. The standard InChI is InChI=1S/C15H21F3N2O/c1-14(2,13(19)20)9-3-4-10-21-12-7-5-11(6-8-12)15(16,17)18/h5-8H,3-4,9-10H2,1-2H3,(H3,19,20). The number of unbranched alkanes of at least 4 members (excludes halogenated alkanes) is 1. The van der Waals surface area contributed by atoms with Gasteiger partial charge < -0.3 is 10.5 Å². The van der Waals surface area contributed by atoms with Crippen molar-refractivity contribution in [3.8, 4) is 5.75 Å². The van der Waals surface area contributed by atoms with E-state index in [4.69, 9.17) is 15.9 Å². The summed E-state index contributed by atoms with van der Waals surface area (Å²) < 4.78 is 42.5. The molecule has 0 radical (unpaired) electrons. The van der Waals surface area contributed by atoms with Gasteiger partial charge in [-0.1, -0.05) is 13.8 Å². The predicted octanol–water partition coefficient (Wildman–Crippen LogP) is 4.22. The molecule has 0 fully saturated rings. The number of benzene rings is 1. The zero-order valence-corrected chi connectivity index (χ0v) is 12.3. The summed E-state index contributed by atoms with van der Waals surface area (Å²) in [4.78, 5) is 0. The van der Waals surface area contributed by atoms with Crippen molar-refractivity contribution in [2.24, 2.45) is 11.1 Å². The molecule has 1 rings (SSSR count). The molecule has 0 amide bonds. The van der Waals surface area contributed by atoms with Gasteiger partial charge in [0.05, 0.1) is 18.0 Å². The van der Waals surface area contributed by atoms with E-state index in [1.54, 1.807) is 0 Å². The van der Waals surface area contributed by atoms with E-state index in [9.17, 15) is 13.2 Å². The smallest absolute Gasteiger partial charge is 0.416 e. The third-order valence-corrected chi connectivity index (χ3v) is 3.38. The fourth-order valence-corrected chi connectivity index (χ4v) is 1.73. The van der Waals surface area contributed by atoms with Crippen LogP contribution in [0, 0.1) is 10.8 Å². The van der Waals surface area contributed by atoms with Crippen LogP contribution in [0.1, 0.15) is 38.7 Å². The average molecular weight is 302 g/mol. The van der Waals surface area contributed by atoms with E-state index in [2.05, 4.69) is 0 Å². The molecule has 3 nitrogen and oxygen atoms in total. The Labute approximate surface area is 122 Å². The van der Waals surface area contributed by atoms with Crippen LogP contribution in [0.15, 0.2) is 24.3 Å². The minimum atomic E-state index is -4.32. The van der Waals surface area contributed by atoms with Gasteiger partial charge in [0, 0.05) is 5.41 Å². The SMILES string of the molecule is CC(C)(CCCCOc1ccc(C(F)(F)F)cc1)C(=N)N. The molecule has 3 N–H and O–H groups in total. The van der Waals surface area contributed by atoms with Crippen LogP contribution in [0.25, 0.3) is 0 Å². The van der Waals surface area contributed by atoms with E-state index in [1.165, 1.54) is 12.1 Å². The first-order valence-electron chi connectivity index (χ1n) is 6.77. The van der Waals surface area contributed by atoms with Crippen LogP contribution >= 0.6 is 0 Å². The second-order valence-electron chi connectivity index (χ2n) is 5.63. The summed E-state index contributed by atoms with van der Waals surface area (Å²) in [6.07, 6.45) is -1.94. The zero-order chi connectivity index (χ0) is 16.1. The van der Waals surface area contributed by atoms with E-state index in [1.807, 2.05) is 13.8 Å². The molecule has 0 saturated heterocycles. The lowest BCUT2D eigenvalue weighted by Gasteiger charge is -2.22. The Balaban J connectivity index is 2.32. The largest absolute Gasteiger partial charge is 0.494 e. The Morgan fingerprint density at radius 3 is 2.19 bits per heavy atom. The molecule has 118 valence electrons. The monoisotopic (exact) mass is 302 g/mol. The Morgan fingerprint density at radius 1 is 1.14 bits per heavy atom. The van der Waals surface area contributed by atoms with Crippen molar-refractivity contribution < 1.29 is 17.9 Å². The van der Waals surface area contributed by atoms with Crippen LogP contribution in [-0.2, 0) is 6.18 Å². The summed E-state index contributed by atoms with van der Waals surface area (Å²) in [6, 6.07) is 4.66. The maximum atomic E-state index is 12.4. The Kier molecular flexibility index (Phi) is 5.63. The minimum Gasteiger partial charge on any atom is -0.494 e. The van der Waals surface area contributed by atoms with E-state index in [-0.39, 0.29) is 11.3 Å². The summed E-state index contributed by atoms with van der Waals surface area (Å²) in [7, 11) is 0. The van der Waals surface area contributed by atoms with Crippen LogP contribution < -0.4 is 10.5 Å². The van der Waals surface area contributed by atoms with Crippen molar-refractivity contribution in [3.05, 3.63) is 29.8 Å². The van der Waals surface area contributed by atoms with Gasteiger partial charge in [-0.3, -0.25) is 5.41 Å². The van der Waals surface area contributed by atoms with Gasteiger partial charge in [-0.25, -0.2) is 0 Å². The van der Waals surface area contributed by atoms with Crippen molar-refractivity contribution in [2.75, 3.05) is 6.61 Å². The number of rotatable bonds is 7. The molecule has 0 saturated carbocycles. The first-order chi connectivity index (χ1) is 9.63. The molecule has 21 heavy (non-hydrogen) atoms. The topological polar surface area (TPSA) is 59.1 Å². The van der Waals surface area contributed by atoms with Gasteiger partial charge in [-0.05, 0) is 43.5 Å². The summed E-state index contributed by atoms with van der Waals surface area (Å²) >= 11 is 0. The van der Waals surface area contributed by atoms with Crippen LogP contribution in [-0.4, -0.2) is 12.4 Å². The maximum Gasteiger partial charge on any atom is 0.416 e. The van der Waals surface area contributed by atoms with Crippen molar-refractivity contribution in [3.63, 3.8) is 0 Å². The summed E-state index contributed by atoms with van der Waals surface area (Å²) in [5, 5.41) is 7.44. The predicted molar refractivity (Wildman–Crippen MR) is 76.5 cm³/mol. The van der Waals surface area contributed by atoms with E-state index >= 15 is 0 Å². The average Bonchev–Trinajstić information content (AvgIpc) is 2.37. The second-order valence-corrected chi connectivity index (χ2v) is 5.63. The molecule has 0 bridgehead atoms. The second kappa shape index (κ2) is 6.83. The first-order valence-corrected chi connectivity index (χ1v) is 6.77. The first kappa shape index (κ1) is 17.3. The van der Waals surface area contributed by atoms with Gasteiger partial charge in [-0.2, -0.15) is 13.2 Å². The third-order valence-electron chi connectivity index (χ3n) is 3.38. The van der Waals surface area contributed by atoms with Crippen LogP contribution in [0.5, 0.6) is 5.75 Å².